The summed E-state index contributed by atoms with van der Waals surface area (Å²) in [5, 5.41) is 21.5. The Balaban J connectivity index is 0.000000165. The molecule has 0 saturated heterocycles. The maximum atomic E-state index is 9.59. The first-order valence-electron chi connectivity index (χ1n) is 9.90. The van der Waals surface area contributed by atoms with E-state index in [1.54, 1.807) is 0 Å². The molecular weight excluding hydrogens is 526 g/mol. The molecule has 2 aliphatic rings. The zero-order chi connectivity index (χ0) is 18.6. The van der Waals surface area contributed by atoms with Crippen molar-refractivity contribution in [3.8, 4) is 11.3 Å². The van der Waals surface area contributed by atoms with Crippen LogP contribution in [0.4, 0.5) is 0 Å². The second-order valence-electron chi connectivity index (χ2n) is 7.67. The monoisotopic (exact) mass is 553 g/mol. The average molecular weight is 553 g/mol. The van der Waals surface area contributed by atoms with Crippen LogP contribution in [0.3, 0.4) is 0 Å². The molecule has 4 atom stereocenters. The van der Waals surface area contributed by atoms with E-state index in [9.17, 15) is 10.2 Å². The fourth-order valence-corrected chi connectivity index (χ4v) is 4.56. The largest absolute Gasteiger partial charge is 0.393 e. The summed E-state index contributed by atoms with van der Waals surface area (Å²) in [6.07, 6.45) is 6.79. The van der Waals surface area contributed by atoms with Crippen molar-refractivity contribution in [2.24, 2.45) is 11.8 Å². The second-order valence-corrected chi connectivity index (χ2v) is 7.67. The van der Waals surface area contributed by atoms with Gasteiger partial charge in [-0.1, -0.05) is 36.8 Å². The number of aromatic nitrogens is 1. The Morgan fingerprint density at radius 1 is 0.857 bits per heavy atom. The Bertz CT molecular complexity index is 884. The van der Waals surface area contributed by atoms with Gasteiger partial charge in [-0.15, -0.1) is 35.9 Å². The van der Waals surface area contributed by atoms with Crippen molar-refractivity contribution in [2.45, 2.75) is 44.3 Å². The van der Waals surface area contributed by atoms with Crippen molar-refractivity contribution < 1.29 is 30.3 Å². The zero-order valence-corrected chi connectivity index (χ0v) is 18.2. The van der Waals surface area contributed by atoms with Crippen LogP contribution in [0, 0.1) is 17.9 Å². The fourth-order valence-electron chi connectivity index (χ4n) is 4.56. The third-order valence-electron chi connectivity index (χ3n) is 5.96. The van der Waals surface area contributed by atoms with E-state index in [1.807, 2.05) is 42.6 Å². The molecule has 0 aliphatic heterocycles. The van der Waals surface area contributed by atoms with Crippen LogP contribution in [0.25, 0.3) is 22.0 Å². The summed E-state index contributed by atoms with van der Waals surface area (Å²) in [6, 6.07) is 21.4. The van der Waals surface area contributed by atoms with Gasteiger partial charge in [0.15, 0.2) is 0 Å². The molecule has 28 heavy (non-hydrogen) atoms. The molecule has 0 amide bonds. The molecule has 2 N–H and O–H groups in total. The van der Waals surface area contributed by atoms with Crippen molar-refractivity contribution in [3.05, 3.63) is 66.9 Å². The summed E-state index contributed by atoms with van der Waals surface area (Å²) >= 11 is 0. The summed E-state index contributed by atoms with van der Waals surface area (Å²) in [5.41, 5.74) is 2.01. The van der Waals surface area contributed by atoms with E-state index < -0.39 is 0 Å². The topological polar surface area (TPSA) is 53.4 Å². The molecule has 2 aliphatic carbocycles. The normalized spacial score (nSPS) is 25.9. The maximum Gasteiger partial charge on any atom is 0.0595 e. The van der Waals surface area contributed by atoms with Gasteiger partial charge in [-0.2, -0.15) is 0 Å². The quantitative estimate of drug-likeness (QED) is 0.434. The molecule has 5 rings (SSSR count). The van der Waals surface area contributed by atoms with Gasteiger partial charge in [-0.25, -0.2) is 0 Å². The van der Waals surface area contributed by atoms with E-state index in [0.717, 1.165) is 36.9 Å². The number of fused-ring (bicyclic) bond motifs is 2. The SMILES string of the molecule is OC1CCCC2CCC(O)C12.[Ir].[c-]1ccccc1-c1cc2ccccc2cn1. The van der Waals surface area contributed by atoms with Gasteiger partial charge in [0.25, 0.3) is 0 Å². The van der Waals surface area contributed by atoms with Gasteiger partial charge < -0.3 is 15.2 Å². The van der Waals surface area contributed by atoms with Crippen LogP contribution in [0.2, 0.25) is 0 Å². The third kappa shape index (κ3) is 4.69. The number of hydrogen-bond donors (Lipinski definition) is 2. The number of benzene rings is 2. The van der Waals surface area contributed by atoms with E-state index in [2.05, 4.69) is 29.2 Å². The zero-order valence-electron chi connectivity index (χ0n) is 15.8. The van der Waals surface area contributed by atoms with Crippen LogP contribution in [-0.2, 0) is 20.1 Å². The third-order valence-corrected chi connectivity index (χ3v) is 5.96. The molecule has 3 nitrogen and oxygen atoms in total. The molecule has 1 heterocycles. The van der Waals surface area contributed by atoms with Crippen LogP contribution in [0.5, 0.6) is 0 Å². The van der Waals surface area contributed by atoms with E-state index in [0.29, 0.717) is 5.92 Å². The molecule has 3 aromatic rings. The predicted molar refractivity (Wildman–Crippen MR) is 108 cm³/mol. The molecule has 2 saturated carbocycles. The maximum absolute atomic E-state index is 9.59. The predicted octanol–water partition coefficient (Wildman–Crippen LogP) is 4.62. The molecule has 4 heteroatoms. The van der Waals surface area contributed by atoms with Gasteiger partial charge >= 0.3 is 0 Å². The van der Waals surface area contributed by atoms with E-state index in [1.165, 1.54) is 17.2 Å². The van der Waals surface area contributed by atoms with Crippen LogP contribution in [0.15, 0.2) is 60.8 Å². The Hall–Kier alpha value is -1.58. The van der Waals surface area contributed by atoms with Crippen LogP contribution in [0.1, 0.15) is 32.1 Å². The molecule has 4 unspecified atom stereocenters. The van der Waals surface area contributed by atoms with Crippen molar-refractivity contribution in [1.82, 2.24) is 4.98 Å². The Morgan fingerprint density at radius 2 is 1.61 bits per heavy atom. The van der Waals surface area contributed by atoms with Gasteiger partial charge in [0.05, 0.1) is 12.2 Å². The van der Waals surface area contributed by atoms with Crippen molar-refractivity contribution in [3.63, 3.8) is 0 Å². The minimum Gasteiger partial charge on any atom is -0.393 e. The first kappa shape index (κ1) is 21.1. The van der Waals surface area contributed by atoms with Crippen LogP contribution >= 0.6 is 0 Å². The minimum absolute atomic E-state index is 0. The number of hydrogen-bond acceptors (Lipinski definition) is 3. The number of pyridine rings is 1. The molecule has 0 bridgehead atoms. The summed E-state index contributed by atoms with van der Waals surface area (Å²) in [7, 11) is 0. The fraction of sp³-hybridized carbons (Fsp3) is 0.375. The smallest absolute Gasteiger partial charge is 0.0595 e. The Labute approximate surface area is 180 Å². The van der Waals surface area contributed by atoms with Crippen LogP contribution < -0.4 is 0 Å². The van der Waals surface area contributed by atoms with E-state index in [4.69, 9.17) is 0 Å². The van der Waals surface area contributed by atoms with E-state index in [-0.39, 0.29) is 38.2 Å². The Kier molecular flexibility index (Phi) is 7.36. The molecule has 2 aromatic carbocycles. The van der Waals surface area contributed by atoms with Gasteiger partial charge in [0, 0.05) is 32.2 Å². The van der Waals surface area contributed by atoms with E-state index >= 15 is 0 Å². The average Bonchev–Trinajstić information content (AvgIpc) is 3.11. The summed E-state index contributed by atoms with van der Waals surface area (Å²) in [4.78, 5) is 4.45. The van der Waals surface area contributed by atoms with Gasteiger partial charge in [0.1, 0.15) is 0 Å². The molecule has 1 radical (unpaired) electrons. The molecule has 2 fully saturated rings. The summed E-state index contributed by atoms with van der Waals surface area (Å²) < 4.78 is 0. The number of aliphatic hydroxyl groups excluding tert-OH is 2. The van der Waals surface area contributed by atoms with Crippen molar-refractivity contribution >= 4 is 10.8 Å². The van der Waals surface area contributed by atoms with Crippen molar-refractivity contribution in [1.29, 1.82) is 0 Å². The van der Waals surface area contributed by atoms with Gasteiger partial charge in [-0.05, 0) is 48.1 Å². The first-order chi connectivity index (χ1) is 13.2. The van der Waals surface area contributed by atoms with Gasteiger partial charge in [-0.3, -0.25) is 0 Å². The molecule has 0 spiro atoms. The summed E-state index contributed by atoms with van der Waals surface area (Å²) in [5.74, 6) is 0.831. The molecule has 1 aromatic heterocycles. The number of rotatable bonds is 1. The van der Waals surface area contributed by atoms with Crippen LogP contribution in [-0.4, -0.2) is 27.4 Å². The number of nitrogens with zero attached hydrogens (tertiary/aromatic N) is 1. The number of aliphatic hydroxyl groups is 2. The van der Waals surface area contributed by atoms with Gasteiger partial charge in [0.2, 0.25) is 0 Å². The minimum atomic E-state index is -0.216. The summed E-state index contributed by atoms with van der Waals surface area (Å²) in [6.45, 7) is 0. The standard InChI is InChI=1S/C15H10N.C9H16O2.Ir/c1-2-6-12(7-3-1)15-10-13-8-4-5-9-14(13)11-16-15;10-7-3-1-2-6-4-5-8(11)9(6)7;/h1-6,8-11H;6-11H,1-5H2;/q-1;;. The Morgan fingerprint density at radius 3 is 2.36 bits per heavy atom. The molecular formula is C24H26IrNO2-. The molecule has 149 valence electrons. The second kappa shape index (κ2) is 9.75. The first-order valence-corrected chi connectivity index (χ1v) is 9.90. The van der Waals surface area contributed by atoms with Crippen molar-refractivity contribution in [2.75, 3.05) is 0 Å².